The summed E-state index contributed by atoms with van der Waals surface area (Å²) in [5.41, 5.74) is 1.04. The van der Waals surface area contributed by atoms with Crippen molar-refractivity contribution >= 4 is 21.6 Å². The minimum atomic E-state index is 0.697. The van der Waals surface area contributed by atoms with E-state index in [9.17, 15) is 0 Å². The third-order valence-corrected chi connectivity index (χ3v) is 3.23. The molecule has 20 heavy (non-hydrogen) atoms. The molecule has 4 heteroatoms. The quantitative estimate of drug-likeness (QED) is 0.763. The van der Waals surface area contributed by atoms with Crippen LogP contribution in [0.2, 0.25) is 0 Å². The van der Waals surface area contributed by atoms with E-state index in [4.69, 9.17) is 9.47 Å². The highest BCUT2D eigenvalue weighted by Gasteiger charge is 1.99. The molecule has 0 amide bonds. The Balaban J connectivity index is 1.72. The van der Waals surface area contributed by atoms with Crippen LogP contribution >= 0.6 is 15.9 Å². The van der Waals surface area contributed by atoms with Crippen molar-refractivity contribution < 1.29 is 9.47 Å². The SMILES string of the molecule is COc1cc(Br)cc(NCCCOc2ccccc2)c1. The minimum Gasteiger partial charge on any atom is -0.497 e. The summed E-state index contributed by atoms with van der Waals surface area (Å²) in [4.78, 5) is 0. The Morgan fingerprint density at radius 3 is 2.60 bits per heavy atom. The van der Waals surface area contributed by atoms with E-state index in [-0.39, 0.29) is 0 Å². The fraction of sp³-hybridized carbons (Fsp3) is 0.250. The van der Waals surface area contributed by atoms with Gasteiger partial charge in [0.1, 0.15) is 11.5 Å². The van der Waals surface area contributed by atoms with Gasteiger partial charge in [0.2, 0.25) is 0 Å². The van der Waals surface area contributed by atoms with Crippen LogP contribution in [0.15, 0.2) is 53.0 Å². The largest absolute Gasteiger partial charge is 0.497 e. The van der Waals surface area contributed by atoms with Crippen molar-refractivity contribution in [2.24, 2.45) is 0 Å². The first kappa shape index (κ1) is 14.7. The first-order valence-corrected chi connectivity index (χ1v) is 7.33. The highest BCUT2D eigenvalue weighted by atomic mass is 79.9. The molecule has 0 saturated carbocycles. The molecule has 0 fully saturated rings. The fourth-order valence-electron chi connectivity index (χ4n) is 1.79. The molecule has 0 saturated heterocycles. The average molecular weight is 336 g/mol. The summed E-state index contributed by atoms with van der Waals surface area (Å²) >= 11 is 3.46. The average Bonchev–Trinajstić information content (AvgIpc) is 2.47. The zero-order valence-electron chi connectivity index (χ0n) is 11.4. The lowest BCUT2D eigenvalue weighted by Gasteiger charge is -2.10. The van der Waals surface area contributed by atoms with Crippen molar-refractivity contribution in [1.82, 2.24) is 0 Å². The molecule has 2 aromatic carbocycles. The lowest BCUT2D eigenvalue weighted by Crippen LogP contribution is -2.07. The Morgan fingerprint density at radius 2 is 1.85 bits per heavy atom. The highest BCUT2D eigenvalue weighted by molar-refractivity contribution is 9.10. The fourth-order valence-corrected chi connectivity index (χ4v) is 2.27. The van der Waals surface area contributed by atoms with E-state index in [1.807, 2.05) is 48.5 Å². The van der Waals surface area contributed by atoms with Crippen molar-refractivity contribution in [1.29, 1.82) is 0 Å². The number of halogens is 1. The van der Waals surface area contributed by atoms with Gasteiger partial charge < -0.3 is 14.8 Å². The molecule has 0 bridgehead atoms. The predicted octanol–water partition coefficient (Wildman–Crippen LogP) is 4.34. The summed E-state index contributed by atoms with van der Waals surface area (Å²) in [5.74, 6) is 1.75. The van der Waals surface area contributed by atoms with Crippen LogP contribution in [0, 0.1) is 0 Å². The number of benzene rings is 2. The van der Waals surface area contributed by atoms with Gasteiger partial charge in [-0.3, -0.25) is 0 Å². The Bertz CT molecular complexity index is 531. The van der Waals surface area contributed by atoms with Gasteiger partial charge in [-0.15, -0.1) is 0 Å². The number of hydrogen-bond donors (Lipinski definition) is 1. The van der Waals surface area contributed by atoms with Crippen molar-refractivity contribution in [3.63, 3.8) is 0 Å². The molecular formula is C16H18BrNO2. The van der Waals surface area contributed by atoms with Gasteiger partial charge in [0.15, 0.2) is 0 Å². The third-order valence-electron chi connectivity index (χ3n) is 2.77. The van der Waals surface area contributed by atoms with Gasteiger partial charge in [-0.05, 0) is 30.7 Å². The topological polar surface area (TPSA) is 30.5 Å². The van der Waals surface area contributed by atoms with Crippen LogP contribution in [0.3, 0.4) is 0 Å². The van der Waals surface area contributed by atoms with E-state index < -0.39 is 0 Å². The van der Waals surface area contributed by atoms with Gasteiger partial charge in [0.25, 0.3) is 0 Å². The maximum Gasteiger partial charge on any atom is 0.122 e. The second-order valence-corrected chi connectivity index (χ2v) is 5.24. The molecule has 2 rings (SSSR count). The number of nitrogens with one attached hydrogen (secondary N) is 1. The molecule has 0 atom stereocenters. The van der Waals surface area contributed by atoms with E-state index in [1.165, 1.54) is 0 Å². The number of anilines is 1. The lowest BCUT2D eigenvalue weighted by atomic mass is 10.3. The molecule has 0 radical (unpaired) electrons. The molecular weight excluding hydrogens is 318 g/mol. The molecule has 0 unspecified atom stereocenters. The molecule has 0 spiro atoms. The number of hydrogen-bond acceptors (Lipinski definition) is 3. The summed E-state index contributed by atoms with van der Waals surface area (Å²) < 4.78 is 11.9. The van der Waals surface area contributed by atoms with E-state index in [2.05, 4.69) is 21.2 Å². The maximum atomic E-state index is 5.64. The summed E-state index contributed by atoms with van der Waals surface area (Å²) in [7, 11) is 1.67. The molecule has 0 aromatic heterocycles. The summed E-state index contributed by atoms with van der Waals surface area (Å²) in [5, 5.41) is 3.36. The molecule has 1 N–H and O–H groups in total. The number of para-hydroxylation sites is 1. The number of ether oxygens (including phenoxy) is 2. The summed E-state index contributed by atoms with van der Waals surface area (Å²) in [6.07, 6.45) is 0.934. The summed E-state index contributed by atoms with van der Waals surface area (Å²) in [6.45, 7) is 1.55. The molecule has 0 aliphatic carbocycles. The molecule has 0 aliphatic heterocycles. The second kappa shape index (κ2) is 7.80. The predicted molar refractivity (Wildman–Crippen MR) is 85.7 cm³/mol. The standard InChI is InChI=1S/C16H18BrNO2/c1-19-16-11-13(17)10-14(12-16)18-8-5-9-20-15-6-3-2-4-7-15/h2-4,6-7,10-12,18H,5,8-9H2,1H3. The van der Waals surface area contributed by atoms with Crippen molar-refractivity contribution in [2.45, 2.75) is 6.42 Å². The van der Waals surface area contributed by atoms with Crippen LogP contribution in [0.1, 0.15) is 6.42 Å². The van der Waals surface area contributed by atoms with Gasteiger partial charge >= 0.3 is 0 Å². The van der Waals surface area contributed by atoms with Crippen molar-refractivity contribution in [2.75, 3.05) is 25.6 Å². The van der Waals surface area contributed by atoms with Gasteiger partial charge in [-0.25, -0.2) is 0 Å². The highest BCUT2D eigenvalue weighted by Crippen LogP contribution is 2.24. The van der Waals surface area contributed by atoms with Crippen LogP contribution < -0.4 is 14.8 Å². The van der Waals surface area contributed by atoms with Crippen LogP contribution in [-0.4, -0.2) is 20.3 Å². The Hall–Kier alpha value is -1.68. The van der Waals surface area contributed by atoms with E-state index in [0.29, 0.717) is 6.61 Å². The smallest absolute Gasteiger partial charge is 0.122 e. The molecule has 0 aliphatic rings. The van der Waals surface area contributed by atoms with E-state index in [1.54, 1.807) is 7.11 Å². The molecule has 3 nitrogen and oxygen atoms in total. The minimum absolute atomic E-state index is 0.697. The monoisotopic (exact) mass is 335 g/mol. The van der Waals surface area contributed by atoms with Crippen LogP contribution in [0.25, 0.3) is 0 Å². The zero-order chi connectivity index (χ0) is 14.2. The van der Waals surface area contributed by atoms with Gasteiger partial charge in [-0.2, -0.15) is 0 Å². The first-order chi connectivity index (χ1) is 9.78. The van der Waals surface area contributed by atoms with Gasteiger partial charge in [0, 0.05) is 22.8 Å². The summed E-state index contributed by atoms with van der Waals surface area (Å²) in [6, 6.07) is 15.8. The zero-order valence-corrected chi connectivity index (χ0v) is 13.0. The normalized spacial score (nSPS) is 10.1. The number of methoxy groups -OCH3 is 1. The van der Waals surface area contributed by atoms with E-state index >= 15 is 0 Å². The lowest BCUT2D eigenvalue weighted by molar-refractivity contribution is 0.315. The number of rotatable bonds is 7. The Labute approximate surface area is 128 Å². The van der Waals surface area contributed by atoms with Crippen molar-refractivity contribution in [3.05, 3.63) is 53.0 Å². The van der Waals surface area contributed by atoms with Gasteiger partial charge in [-0.1, -0.05) is 34.1 Å². The third kappa shape index (κ3) is 4.78. The second-order valence-electron chi connectivity index (χ2n) is 4.32. The van der Waals surface area contributed by atoms with Crippen LogP contribution in [0.5, 0.6) is 11.5 Å². The maximum absolute atomic E-state index is 5.64. The van der Waals surface area contributed by atoms with Crippen LogP contribution in [-0.2, 0) is 0 Å². The molecule has 0 heterocycles. The first-order valence-electron chi connectivity index (χ1n) is 6.54. The molecule has 106 valence electrons. The molecule has 2 aromatic rings. The van der Waals surface area contributed by atoms with Crippen molar-refractivity contribution in [3.8, 4) is 11.5 Å². The van der Waals surface area contributed by atoms with Gasteiger partial charge in [0.05, 0.1) is 13.7 Å². The van der Waals surface area contributed by atoms with Crippen LogP contribution in [0.4, 0.5) is 5.69 Å². The Kier molecular flexibility index (Phi) is 5.74. The van der Waals surface area contributed by atoms with E-state index in [0.717, 1.165) is 34.6 Å². The Morgan fingerprint density at radius 1 is 1.05 bits per heavy atom.